The molecular formula is C16H16ClN3OS. The Labute approximate surface area is 140 Å². The van der Waals surface area contributed by atoms with Crippen molar-refractivity contribution in [2.24, 2.45) is 0 Å². The number of rotatable bonds is 3. The van der Waals surface area contributed by atoms with Crippen LogP contribution in [0.5, 0.6) is 0 Å². The molecule has 0 bridgehead atoms. The third-order valence-electron chi connectivity index (χ3n) is 2.96. The van der Waals surface area contributed by atoms with E-state index in [1.165, 1.54) is 0 Å². The van der Waals surface area contributed by atoms with Gasteiger partial charge in [0.2, 0.25) is 0 Å². The van der Waals surface area contributed by atoms with Gasteiger partial charge in [-0.15, -0.1) is 0 Å². The Hall–Kier alpha value is -2.11. The molecule has 22 heavy (non-hydrogen) atoms. The van der Waals surface area contributed by atoms with Crippen molar-refractivity contribution in [2.75, 3.05) is 24.3 Å². The van der Waals surface area contributed by atoms with Crippen molar-refractivity contribution in [3.8, 4) is 0 Å². The van der Waals surface area contributed by atoms with Gasteiger partial charge in [0, 0.05) is 36.1 Å². The summed E-state index contributed by atoms with van der Waals surface area (Å²) >= 11 is 11.0. The fourth-order valence-electron chi connectivity index (χ4n) is 1.81. The monoisotopic (exact) mass is 333 g/mol. The number of carbonyl (C=O) groups excluding carboxylic acids is 1. The maximum atomic E-state index is 12.0. The zero-order valence-corrected chi connectivity index (χ0v) is 13.8. The number of nitrogens with one attached hydrogen (secondary N) is 2. The van der Waals surface area contributed by atoms with E-state index in [0.29, 0.717) is 10.6 Å². The standard InChI is InChI=1S/C16H16ClN3OS/c1-20(2)14-8-6-13(7-9-14)18-16(22)19-15(21)11-4-3-5-12(17)10-11/h3-10H,1-2H3,(H2,18,19,21,22). The van der Waals surface area contributed by atoms with E-state index in [0.717, 1.165) is 11.4 Å². The first-order valence-corrected chi connectivity index (χ1v) is 7.39. The maximum Gasteiger partial charge on any atom is 0.257 e. The Balaban J connectivity index is 1.96. The molecule has 0 spiro atoms. The minimum absolute atomic E-state index is 0.238. The van der Waals surface area contributed by atoms with Crippen molar-refractivity contribution in [3.63, 3.8) is 0 Å². The predicted octanol–water partition coefficient (Wildman–Crippen LogP) is 3.53. The molecule has 6 heteroatoms. The van der Waals surface area contributed by atoms with Crippen LogP contribution in [0.4, 0.5) is 11.4 Å². The highest BCUT2D eigenvalue weighted by atomic mass is 35.5. The van der Waals surface area contributed by atoms with Crippen molar-refractivity contribution in [1.29, 1.82) is 0 Å². The SMILES string of the molecule is CN(C)c1ccc(NC(=S)NC(=O)c2cccc(Cl)c2)cc1. The molecule has 2 aromatic carbocycles. The molecule has 0 unspecified atom stereocenters. The highest BCUT2D eigenvalue weighted by molar-refractivity contribution is 7.80. The molecule has 0 aliphatic rings. The number of hydrogen-bond donors (Lipinski definition) is 2. The largest absolute Gasteiger partial charge is 0.378 e. The number of nitrogens with zero attached hydrogens (tertiary/aromatic N) is 1. The van der Waals surface area contributed by atoms with Crippen molar-refractivity contribution < 1.29 is 4.79 Å². The van der Waals surface area contributed by atoms with Gasteiger partial charge in [0.05, 0.1) is 0 Å². The van der Waals surface area contributed by atoms with Crippen LogP contribution in [0.2, 0.25) is 5.02 Å². The summed E-state index contributed by atoms with van der Waals surface area (Å²) in [7, 11) is 3.94. The van der Waals surface area contributed by atoms with E-state index >= 15 is 0 Å². The Bertz CT molecular complexity index is 686. The second-order valence-electron chi connectivity index (χ2n) is 4.86. The number of thiocarbonyl (C=S) groups is 1. The Morgan fingerprint density at radius 2 is 1.82 bits per heavy atom. The summed E-state index contributed by atoms with van der Waals surface area (Å²) in [5.74, 6) is -0.301. The van der Waals surface area contributed by atoms with Crippen LogP contribution in [0.1, 0.15) is 10.4 Å². The molecule has 0 aliphatic carbocycles. The quantitative estimate of drug-likeness (QED) is 0.843. The number of anilines is 2. The number of carbonyl (C=O) groups is 1. The van der Waals surface area contributed by atoms with Crippen molar-refractivity contribution >= 4 is 46.2 Å². The summed E-state index contributed by atoms with van der Waals surface area (Å²) in [4.78, 5) is 14.0. The van der Waals surface area contributed by atoms with Crippen LogP contribution in [0.15, 0.2) is 48.5 Å². The Morgan fingerprint density at radius 1 is 1.14 bits per heavy atom. The summed E-state index contributed by atoms with van der Waals surface area (Å²) in [6, 6.07) is 14.4. The molecule has 0 radical (unpaired) electrons. The Kier molecular flexibility index (Phi) is 5.35. The van der Waals surface area contributed by atoms with E-state index in [-0.39, 0.29) is 11.0 Å². The average Bonchev–Trinajstić information content (AvgIpc) is 2.47. The minimum Gasteiger partial charge on any atom is -0.378 e. The molecule has 0 heterocycles. The van der Waals surface area contributed by atoms with E-state index in [9.17, 15) is 4.79 Å². The number of benzene rings is 2. The van der Waals surface area contributed by atoms with E-state index in [4.69, 9.17) is 23.8 Å². The second kappa shape index (κ2) is 7.24. The van der Waals surface area contributed by atoms with Gasteiger partial charge in [-0.05, 0) is 54.7 Å². The second-order valence-corrected chi connectivity index (χ2v) is 5.70. The first kappa shape index (κ1) is 16.3. The summed E-state index contributed by atoms with van der Waals surface area (Å²) in [6.45, 7) is 0. The normalized spacial score (nSPS) is 9.95. The van der Waals surface area contributed by atoms with Gasteiger partial charge in [-0.2, -0.15) is 0 Å². The van der Waals surface area contributed by atoms with Gasteiger partial charge in [-0.1, -0.05) is 17.7 Å². The van der Waals surface area contributed by atoms with Gasteiger partial charge in [-0.3, -0.25) is 10.1 Å². The lowest BCUT2D eigenvalue weighted by Crippen LogP contribution is -2.34. The first-order valence-electron chi connectivity index (χ1n) is 6.61. The lowest BCUT2D eigenvalue weighted by molar-refractivity contribution is 0.0977. The van der Waals surface area contributed by atoms with Gasteiger partial charge in [-0.25, -0.2) is 0 Å². The van der Waals surface area contributed by atoms with Crippen LogP contribution in [0.3, 0.4) is 0 Å². The summed E-state index contributed by atoms with van der Waals surface area (Å²) in [5, 5.41) is 6.34. The average molecular weight is 334 g/mol. The molecule has 0 atom stereocenters. The highest BCUT2D eigenvalue weighted by Gasteiger charge is 2.08. The van der Waals surface area contributed by atoms with Gasteiger partial charge >= 0.3 is 0 Å². The van der Waals surface area contributed by atoms with Gasteiger partial charge < -0.3 is 10.2 Å². The van der Waals surface area contributed by atoms with Gasteiger partial charge in [0.1, 0.15) is 0 Å². The molecule has 2 aromatic rings. The molecule has 0 saturated carbocycles. The van der Waals surface area contributed by atoms with Gasteiger partial charge in [0.15, 0.2) is 5.11 Å². The minimum atomic E-state index is -0.301. The molecule has 2 N–H and O–H groups in total. The van der Waals surface area contributed by atoms with Crippen LogP contribution >= 0.6 is 23.8 Å². The topological polar surface area (TPSA) is 44.4 Å². The fraction of sp³-hybridized carbons (Fsp3) is 0.125. The third-order valence-corrected chi connectivity index (χ3v) is 3.39. The molecule has 4 nitrogen and oxygen atoms in total. The van der Waals surface area contributed by atoms with Crippen LogP contribution in [0.25, 0.3) is 0 Å². The molecule has 0 saturated heterocycles. The zero-order chi connectivity index (χ0) is 16.1. The van der Waals surface area contributed by atoms with E-state index in [2.05, 4.69) is 10.6 Å². The van der Waals surface area contributed by atoms with E-state index in [1.807, 2.05) is 43.3 Å². The number of halogens is 1. The number of amides is 1. The van der Waals surface area contributed by atoms with Crippen LogP contribution in [0, 0.1) is 0 Å². The van der Waals surface area contributed by atoms with Gasteiger partial charge in [0.25, 0.3) is 5.91 Å². The molecule has 114 valence electrons. The predicted molar refractivity (Wildman–Crippen MR) is 95.9 cm³/mol. The molecule has 0 fully saturated rings. The van der Waals surface area contributed by atoms with Crippen molar-refractivity contribution in [1.82, 2.24) is 5.32 Å². The lowest BCUT2D eigenvalue weighted by atomic mass is 10.2. The maximum absolute atomic E-state index is 12.0. The zero-order valence-electron chi connectivity index (χ0n) is 12.3. The first-order chi connectivity index (χ1) is 10.5. The summed E-state index contributed by atoms with van der Waals surface area (Å²) in [5.41, 5.74) is 2.35. The third kappa shape index (κ3) is 4.44. The van der Waals surface area contributed by atoms with Crippen LogP contribution in [-0.4, -0.2) is 25.1 Å². The van der Waals surface area contributed by atoms with Crippen molar-refractivity contribution in [3.05, 3.63) is 59.1 Å². The molecule has 0 aliphatic heterocycles. The van der Waals surface area contributed by atoms with E-state index < -0.39 is 0 Å². The molecule has 1 amide bonds. The molecular weight excluding hydrogens is 318 g/mol. The number of hydrogen-bond acceptors (Lipinski definition) is 3. The lowest BCUT2D eigenvalue weighted by Gasteiger charge is -2.14. The Morgan fingerprint density at radius 3 is 2.41 bits per heavy atom. The molecule has 0 aromatic heterocycles. The van der Waals surface area contributed by atoms with Crippen LogP contribution in [-0.2, 0) is 0 Å². The molecule has 2 rings (SSSR count). The van der Waals surface area contributed by atoms with Crippen LogP contribution < -0.4 is 15.5 Å². The fourth-order valence-corrected chi connectivity index (χ4v) is 2.21. The highest BCUT2D eigenvalue weighted by Crippen LogP contribution is 2.15. The summed E-state index contributed by atoms with van der Waals surface area (Å²) in [6.07, 6.45) is 0. The van der Waals surface area contributed by atoms with E-state index in [1.54, 1.807) is 24.3 Å². The van der Waals surface area contributed by atoms with Crippen molar-refractivity contribution in [2.45, 2.75) is 0 Å². The summed E-state index contributed by atoms with van der Waals surface area (Å²) < 4.78 is 0. The smallest absolute Gasteiger partial charge is 0.257 e.